The molecule has 1 unspecified atom stereocenters. The van der Waals surface area contributed by atoms with Crippen molar-refractivity contribution in [3.05, 3.63) is 66.2 Å². The Labute approximate surface area is 175 Å². The number of methoxy groups -OCH3 is 2. The number of nitrogens with zero attached hydrogens (tertiary/aromatic N) is 1. The number of phenols is 1. The number of ether oxygens (including phenoxy) is 2. The van der Waals surface area contributed by atoms with E-state index in [1.807, 2.05) is 6.07 Å². The van der Waals surface area contributed by atoms with E-state index in [-0.39, 0.29) is 16.9 Å². The number of para-hydroxylation sites is 1. The van der Waals surface area contributed by atoms with Crippen LogP contribution >= 0.6 is 0 Å². The summed E-state index contributed by atoms with van der Waals surface area (Å²) >= 11 is -2.74. The third-order valence-corrected chi connectivity index (χ3v) is 5.11. The molecule has 3 aromatic rings. The molecule has 0 aromatic heterocycles. The second kappa shape index (κ2) is 8.85. The van der Waals surface area contributed by atoms with E-state index in [2.05, 4.69) is 0 Å². The van der Waals surface area contributed by atoms with E-state index in [1.165, 1.54) is 20.3 Å². The van der Waals surface area contributed by atoms with Crippen LogP contribution in [0.3, 0.4) is 0 Å². The highest BCUT2D eigenvalue weighted by molar-refractivity contribution is 7.81. The number of carboxylic acids is 1. The molecular weight excluding hydrogens is 410 g/mol. The van der Waals surface area contributed by atoms with Crippen LogP contribution in [0.2, 0.25) is 0 Å². The van der Waals surface area contributed by atoms with Crippen LogP contribution in [0.15, 0.2) is 60.7 Å². The molecule has 2 N–H and O–H groups in total. The summed E-state index contributed by atoms with van der Waals surface area (Å²) in [6.45, 7) is 0. The first kappa shape index (κ1) is 21.2. The van der Waals surface area contributed by atoms with E-state index in [9.17, 15) is 18.7 Å². The van der Waals surface area contributed by atoms with E-state index in [0.717, 1.165) is 16.4 Å². The van der Waals surface area contributed by atoms with Crippen LogP contribution in [-0.2, 0) is 11.3 Å². The number of hydrogen-bond donors (Lipinski definition) is 2. The third-order valence-electron chi connectivity index (χ3n) is 4.39. The normalized spacial score (nSPS) is 11.6. The molecule has 0 heterocycles. The maximum Gasteiger partial charge on any atom is 0.339 e. The van der Waals surface area contributed by atoms with Crippen molar-refractivity contribution >= 4 is 28.6 Å². The van der Waals surface area contributed by atoms with Crippen LogP contribution in [0, 0.1) is 0 Å². The van der Waals surface area contributed by atoms with Crippen molar-refractivity contribution in [1.29, 1.82) is 0 Å². The van der Waals surface area contributed by atoms with Crippen molar-refractivity contribution in [2.75, 3.05) is 18.5 Å². The Hall–Kier alpha value is -3.56. The summed E-state index contributed by atoms with van der Waals surface area (Å²) in [5, 5.41) is 19.0. The molecule has 0 aliphatic carbocycles. The predicted molar refractivity (Wildman–Crippen MR) is 111 cm³/mol. The second-order valence-corrected chi connectivity index (χ2v) is 6.91. The lowest BCUT2D eigenvalue weighted by atomic mass is 10.0. The molecule has 0 amide bonds. The van der Waals surface area contributed by atoms with Crippen molar-refractivity contribution in [2.24, 2.45) is 0 Å². The number of aromatic hydroxyl groups is 1. The Morgan fingerprint density at radius 3 is 2.30 bits per heavy atom. The van der Waals surface area contributed by atoms with Gasteiger partial charge in [0.05, 0.1) is 36.9 Å². The fraction of sp³-hybridized carbons (Fsp3) is 0.0952. The maximum atomic E-state index is 12.0. The van der Waals surface area contributed by atoms with Gasteiger partial charge in [-0.2, -0.15) is 0 Å². The zero-order chi connectivity index (χ0) is 21.8. The molecule has 1 atom stereocenters. The second-order valence-electron chi connectivity index (χ2n) is 6.11. The smallest absolute Gasteiger partial charge is 0.339 e. The van der Waals surface area contributed by atoms with Gasteiger partial charge in [-0.15, -0.1) is 0 Å². The topological polar surface area (TPSA) is 119 Å². The van der Waals surface area contributed by atoms with E-state index in [4.69, 9.17) is 14.6 Å². The summed E-state index contributed by atoms with van der Waals surface area (Å²) in [6.07, 6.45) is 0. The Morgan fingerprint density at radius 1 is 1.00 bits per heavy atom. The predicted octanol–water partition coefficient (Wildman–Crippen LogP) is 3.71. The number of benzene rings is 3. The van der Waals surface area contributed by atoms with Crippen molar-refractivity contribution in [1.82, 2.24) is 0 Å². The summed E-state index contributed by atoms with van der Waals surface area (Å²) in [4.78, 5) is 11.1. The standard InChI is InChI=1S/C21H19NO7S/c1-28-19-8-4-7-16(20(19)29-2)13-5-3-6-14(11-13)22(30(26)27)15-9-10-17(21(24)25)18(23)12-15/h3-12,23H,1-2H3,(H,24,25)(H,26,27)/p-1. The highest BCUT2D eigenvalue weighted by Gasteiger charge is 2.17. The van der Waals surface area contributed by atoms with Gasteiger partial charge >= 0.3 is 5.97 Å². The molecule has 156 valence electrons. The highest BCUT2D eigenvalue weighted by atomic mass is 32.2. The van der Waals surface area contributed by atoms with E-state index >= 15 is 0 Å². The number of hydrogen-bond acceptors (Lipinski definition) is 6. The molecule has 0 aliphatic rings. The average Bonchev–Trinajstić information content (AvgIpc) is 2.73. The van der Waals surface area contributed by atoms with Gasteiger partial charge in [-0.1, -0.05) is 24.3 Å². The average molecular weight is 428 g/mol. The lowest BCUT2D eigenvalue weighted by Crippen LogP contribution is -2.19. The highest BCUT2D eigenvalue weighted by Crippen LogP contribution is 2.40. The SMILES string of the molecule is COc1cccc(-c2cccc(N(c3ccc(C(=O)O)c(O)c3)S(=O)[O-])c2)c1OC. The molecule has 0 radical (unpaired) electrons. The van der Waals surface area contributed by atoms with Crippen molar-refractivity contribution in [3.8, 4) is 28.4 Å². The first-order valence-corrected chi connectivity index (χ1v) is 9.67. The first-order chi connectivity index (χ1) is 14.4. The minimum Gasteiger partial charge on any atom is -0.755 e. The van der Waals surface area contributed by atoms with Crippen LogP contribution < -0.4 is 13.8 Å². The fourth-order valence-corrected chi connectivity index (χ4v) is 3.63. The van der Waals surface area contributed by atoms with Gasteiger partial charge in [0, 0.05) is 11.6 Å². The van der Waals surface area contributed by atoms with Crippen molar-refractivity contribution in [3.63, 3.8) is 0 Å². The Kier molecular flexibility index (Phi) is 6.24. The van der Waals surface area contributed by atoms with Gasteiger partial charge in [-0.05, 0) is 35.9 Å². The first-order valence-electron chi connectivity index (χ1n) is 8.64. The molecule has 3 aromatic carbocycles. The summed E-state index contributed by atoms with van der Waals surface area (Å²) in [6, 6.07) is 15.5. The monoisotopic (exact) mass is 428 g/mol. The van der Waals surface area contributed by atoms with Gasteiger partial charge in [-0.25, -0.2) is 4.79 Å². The molecule has 0 saturated carbocycles. The number of carbonyl (C=O) groups is 1. The van der Waals surface area contributed by atoms with E-state index in [1.54, 1.807) is 36.4 Å². The minimum absolute atomic E-state index is 0.0839. The van der Waals surface area contributed by atoms with Crippen LogP contribution in [0.5, 0.6) is 17.2 Å². The molecule has 3 rings (SSSR count). The molecule has 9 heteroatoms. The van der Waals surface area contributed by atoms with Crippen LogP contribution in [-0.4, -0.2) is 39.2 Å². The van der Waals surface area contributed by atoms with Gasteiger partial charge in [0.25, 0.3) is 0 Å². The van der Waals surface area contributed by atoms with Gasteiger partial charge in [-0.3, -0.25) is 8.51 Å². The van der Waals surface area contributed by atoms with Crippen LogP contribution in [0.1, 0.15) is 10.4 Å². The third kappa shape index (κ3) is 4.07. The van der Waals surface area contributed by atoms with Gasteiger partial charge in [0.15, 0.2) is 11.5 Å². The number of anilines is 2. The Morgan fingerprint density at radius 2 is 1.70 bits per heavy atom. The van der Waals surface area contributed by atoms with Crippen LogP contribution in [0.25, 0.3) is 11.1 Å². The molecular formula is C21H18NO7S-. The molecule has 8 nitrogen and oxygen atoms in total. The number of carboxylic acid groups (broad SMARTS) is 1. The summed E-state index contributed by atoms with van der Waals surface area (Å²) in [5.74, 6) is -0.837. The van der Waals surface area contributed by atoms with Crippen molar-refractivity contribution < 1.29 is 33.2 Å². The molecule has 0 bridgehead atoms. The number of aromatic carboxylic acids is 1. The molecule has 0 saturated heterocycles. The molecule has 0 fully saturated rings. The zero-order valence-corrected chi connectivity index (χ0v) is 16.9. The minimum atomic E-state index is -2.74. The molecule has 0 aliphatic heterocycles. The lowest BCUT2D eigenvalue weighted by Gasteiger charge is -2.27. The summed E-state index contributed by atoms with van der Waals surface area (Å²) < 4.78 is 35.7. The summed E-state index contributed by atoms with van der Waals surface area (Å²) in [5.41, 5.74) is 1.41. The number of rotatable bonds is 7. The van der Waals surface area contributed by atoms with Gasteiger partial charge in [0.1, 0.15) is 11.3 Å². The summed E-state index contributed by atoms with van der Waals surface area (Å²) in [7, 11) is 3.03. The van der Waals surface area contributed by atoms with Gasteiger partial charge in [0.2, 0.25) is 0 Å². The Bertz CT molecular complexity index is 1120. The van der Waals surface area contributed by atoms with E-state index in [0.29, 0.717) is 22.6 Å². The largest absolute Gasteiger partial charge is 0.755 e. The molecule has 30 heavy (non-hydrogen) atoms. The fourth-order valence-electron chi connectivity index (χ4n) is 3.06. The lowest BCUT2D eigenvalue weighted by molar-refractivity contribution is 0.0693. The zero-order valence-electron chi connectivity index (χ0n) is 16.1. The molecule has 0 spiro atoms. The maximum absolute atomic E-state index is 12.0. The van der Waals surface area contributed by atoms with Gasteiger partial charge < -0.3 is 24.2 Å². The van der Waals surface area contributed by atoms with Crippen molar-refractivity contribution in [2.45, 2.75) is 0 Å². The van der Waals surface area contributed by atoms with E-state index < -0.39 is 23.0 Å². The Balaban J connectivity index is 2.10. The van der Waals surface area contributed by atoms with Crippen LogP contribution in [0.4, 0.5) is 11.4 Å². The quantitative estimate of drug-likeness (QED) is 0.551.